The van der Waals surface area contributed by atoms with E-state index in [1.54, 1.807) is 12.1 Å². The molecule has 0 bridgehead atoms. The maximum Gasteiger partial charge on any atom is 0.203 e. The summed E-state index contributed by atoms with van der Waals surface area (Å²) in [6.45, 7) is 8.63. The Balaban J connectivity index is 1.70. The van der Waals surface area contributed by atoms with E-state index in [0.29, 0.717) is 55.5 Å². The molecule has 0 aliphatic heterocycles. The summed E-state index contributed by atoms with van der Waals surface area (Å²) in [5.41, 5.74) is 4.08. The van der Waals surface area contributed by atoms with Crippen LogP contribution in [0.15, 0.2) is 36.4 Å². The number of unbranched alkanes of at least 4 members (excludes halogenated alkanes) is 6. The SMILES string of the molecule is CCCCCC(CCCC)n1c(O)c(-c2c(O)n(C(CCCC)CCCCC)c3nc4cc(F)ccc4nc23)c2nc3ccc(F)cc3nc21. The number of fused-ring (bicyclic) bond motifs is 4. The van der Waals surface area contributed by atoms with Crippen molar-refractivity contribution in [3.63, 3.8) is 0 Å². The van der Waals surface area contributed by atoms with Gasteiger partial charge in [-0.1, -0.05) is 91.9 Å². The van der Waals surface area contributed by atoms with Gasteiger partial charge in [0.25, 0.3) is 0 Å². The number of hydrogen-bond donors (Lipinski definition) is 2. The molecule has 2 aromatic carbocycles. The zero-order valence-electron chi connectivity index (χ0n) is 29.9. The van der Waals surface area contributed by atoms with Crippen LogP contribution in [-0.2, 0) is 0 Å². The normalized spacial score (nSPS) is 13.3. The third-order valence-corrected chi connectivity index (χ3v) is 10.1. The van der Waals surface area contributed by atoms with Crippen LogP contribution in [0.4, 0.5) is 8.78 Å². The average molecular weight is 685 g/mol. The van der Waals surface area contributed by atoms with E-state index in [2.05, 4.69) is 27.7 Å². The monoisotopic (exact) mass is 684 g/mol. The highest BCUT2D eigenvalue weighted by Crippen LogP contribution is 2.50. The van der Waals surface area contributed by atoms with E-state index in [1.165, 1.54) is 24.3 Å². The standard InChI is InChI=1S/C40H50F2N6O2/c1-5-9-13-17-27(15-11-7-3)47-37-35(43-29-21-19-25(41)23-31(29)45-37)33(39(47)49)34-36-38(46-32-24-26(42)20-22-30(32)44-36)48(40(34)50)28(16-12-8-4)18-14-10-6-2/h19-24,27-28,49-50H,5-18H2,1-4H3. The first-order valence-corrected chi connectivity index (χ1v) is 18.7. The Morgan fingerprint density at radius 1 is 0.520 bits per heavy atom. The van der Waals surface area contributed by atoms with Gasteiger partial charge >= 0.3 is 0 Å². The Hall–Kier alpha value is -4.34. The summed E-state index contributed by atoms with van der Waals surface area (Å²) in [4.78, 5) is 19.9. The number of benzene rings is 2. The first-order chi connectivity index (χ1) is 24.3. The van der Waals surface area contributed by atoms with E-state index in [-0.39, 0.29) is 23.8 Å². The van der Waals surface area contributed by atoms with Crippen molar-refractivity contribution in [3.8, 4) is 22.9 Å². The van der Waals surface area contributed by atoms with Gasteiger partial charge in [-0.3, -0.25) is 9.13 Å². The molecule has 266 valence electrons. The zero-order chi connectivity index (χ0) is 35.4. The fourth-order valence-corrected chi connectivity index (χ4v) is 7.46. The predicted octanol–water partition coefficient (Wildman–Crippen LogP) is 11.5. The fraction of sp³-hybridized carbons (Fsp3) is 0.500. The molecule has 4 aromatic heterocycles. The van der Waals surface area contributed by atoms with Crippen molar-refractivity contribution < 1.29 is 19.0 Å². The Morgan fingerprint density at radius 3 is 1.28 bits per heavy atom. The van der Waals surface area contributed by atoms with Crippen molar-refractivity contribution in [3.05, 3.63) is 48.0 Å². The molecule has 0 spiro atoms. The number of rotatable bonds is 17. The fourth-order valence-electron chi connectivity index (χ4n) is 7.46. The van der Waals surface area contributed by atoms with Gasteiger partial charge in [-0.05, 0) is 49.9 Å². The third kappa shape index (κ3) is 6.86. The second-order valence-corrected chi connectivity index (χ2v) is 13.8. The van der Waals surface area contributed by atoms with Crippen LogP contribution in [0.2, 0.25) is 0 Å². The molecule has 2 unspecified atom stereocenters. The minimum atomic E-state index is -0.417. The lowest BCUT2D eigenvalue weighted by Gasteiger charge is -2.21. The summed E-state index contributed by atoms with van der Waals surface area (Å²) in [5, 5.41) is 24.9. The highest BCUT2D eigenvalue weighted by Gasteiger charge is 2.33. The molecular formula is C40H50F2N6O2. The van der Waals surface area contributed by atoms with Gasteiger partial charge in [0.15, 0.2) is 11.3 Å². The molecule has 0 fully saturated rings. The van der Waals surface area contributed by atoms with Gasteiger partial charge in [-0.2, -0.15) is 0 Å². The molecule has 2 atom stereocenters. The Kier molecular flexibility index (Phi) is 11.1. The highest BCUT2D eigenvalue weighted by atomic mass is 19.1. The van der Waals surface area contributed by atoms with E-state index < -0.39 is 11.6 Å². The lowest BCUT2D eigenvalue weighted by molar-refractivity contribution is 0.346. The molecule has 0 aliphatic rings. The average Bonchev–Trinajstić information content (AvgIpc) is 3.53. The quantitative estimate of drug-likeness (QED) is 0.0927. The van der Waals surface area contributed by atoms with Crippen LogP contribution >= 0.6 is 0 Å². The minimum absolute atomic E-state index is 0.0557. The van der Waals surface area contributed by atoms with Gasteiger partial charge in [-0.25, -0.2) is 28.7 Å². The molecular weight excluding hydrogens is 634 g/mol. The van der Waals surface area contributed by atoms with Crippen LogP contribution in [0.5, 0.6) is 11.8 Å². The number of aromatic hydroxyl groups is 2. The number of halogens is 2. The molecule has 0 saturated heterocycles. The van der Waals surface area contributed by atoms with E-state index in [4.69, 9.17) is 19.9 Å². The molecule has 8 nitrogen and oxygen atoms in total. The van der Waals surface area contributed by atoms with Gasteiger partial charge in [0.2, 0.25) is 11.8 Å². The topological polar surface area (TPSA) is 102 Å². The summed E-state index contributed by atoms with van der Waals surface area (Å²) in [6.07, 6.45) is 13.4. The Morgan fingerprint density at radius 2 is 0.900 bits per heavy atom. The molecule has 0 saturated carbocycles. The van der Waals surface area contributed by atoms with Crippen molar-refractivity contribution in [2.24, 2.45) is 0 Å². The predicted molar refractivity (Wildman–Crippen MR) is 198 cm³/mol. The second kappa shape index (κ2) is 15.7. The highest BCUT2D eigenvalue weighted by molar-refractivity contribution is 6.08. The van der Waals surface area contributed by atoms with Crippen LogP contribution in [-0.4, -0.2) is 39.3 Å². The molecule has 4 heterocycles. The summed E-state index contributed by atoms with van der Waals surface area (Å²) in [7, 11) is 0. The molecule has 0 aliphatic carbocycles. The van der Waals surface area contributed by atoms with Crippen molar-refractivity contribution >= 4 is 44.4 Å². The molecule has 10 heteroatoms. The van der Waals surface area contributed by atoms with E-state index >= 15 is 0 Å². The Bertz CT molecular complexity index is 1960. The zero-order valence-corrected chi connectivity index (χ0v) is 29.9. The van der Waals surface area contributed by atoms with Gasteiger partial charge in [-0.15, -0.1) is 0 Å². The van der Waals surface area contributed by atoms with E-state index in [1.807, 2.05) is 9.13 Å². The van der Waals surface area contributed by atoms with Gasteiger partial charge in [0, 0.05) is 24.2 Å². The van der Waals surface area contributed by atoms with Crippen molar-refractivity contribution in [1.82, 2.24) is 29.1 Å². The lowest BCUT2D eigenvalue weighted by atomic mass is 10.0. The van der Waals surface area contributed by atoms with Crippen LogP contribution < -0.4 is 0 Å². The summed E-state index contributed by atoms with van der Waals surface area (Å²) >= 11 is 0. The first-order valence-electron chi connectivity index (χ1n) is 18.7. The molecule has 6 aromatic rings. The summed E-state index contributed by atoms with van der Waals surface area (Å²) in [5.74, 6) is -0.945. The Labute approximate surface area is 292 Å². The third-order valence-electron chi connectivity index (χ3n) is 10.1. The largest absolute Gasteiger partial charge is 0.494 e. The number of nitrogens with zero attached hydrogens (tertiary/aromatic N) is 6. The van der Waals surface area contributed by atoms with Crippen molar-refractivity contribution in [1.29, 1.82) is 0 Å². The second-order valence-electron chi connectivity index (χ2n) is 13.8. The molecule has 6 rings (SSSR count). The van der Waals surface area contributed by atoms with Crippen LogP contribution in [0, 0.1) is 11.6 Å². The smallest absolute Gasteiger partial charge is 0.203 e. The lowest BCUT2D eigenvalue weighted by Crippen LogP contribution is -2.10. The first kappa shape index (κ1) is 35.5. The molecule has 0 amide bonds. The number of aromatic nitrogens is 6. The minimum Gasteiger partial charge on any atom is -0.494 e. The van der Waals surface area contributed by atoms with Crippen LogP contribution in [0.25, 0.3) is 55.5 Å². The van der Waals surface area contributed by atoms with Gasteiger partial charge in [0.05, 0.1) is 33.2 Å². The summed E-state index contributed by atoms with van der Waals surface area (Å²) in [6, 6.07) is 8.43. The van der Waals surface area contributed by atoms with Gasteiger partial charge < -0.3 is 10.2 Å². The maximum absolute atomic E-state index is 14.5. The molecule has 0 radical (unpaired) electrons. The van der Waals surface area contributed by atoms with Crippen molar-refractivity contribution in [2.45, 2.75) is 130 Å². The van der Waals surface area contributed by atoms with E-state index in [9.17, 15) is 19.0 Å². The number of hydrogen-bond acceptors (Lipinski definition) is 6. The van der Waals surface area contributed by atoms with Crippen molar-refractivity contribution in [2.75, 3.05) is 0 Å². The maximum atomic E-state index is 14.5. The van der Waals surface area contributed by atoms with Crippen LogP contribution in [0.1, 0.15) is 130 Å². The molecule has 50 heavy (non-hydrogen) atoms. The van der Waals surface area contributed by atoms with Gasteiger partial charge in [0.1, 0.15) is 22.7 Å². The summed E-state index contributed by atoms with van der Waals surface area (Å²) < 4.78 is 32.7. The van der Waals surface area contributed by atoms with E-state index in [0.717, 1.165) is 89.9 Å². The molecule has 2 N–H and O–H groups in total. The van der Waals surface area contributed by atoms with Crippen LogP contribution in [0.3, 0.4) is 0 Å².